The van der Waals surface area contributed by atoms with Crippen LogP contribution in [-0.4, -0.2) is 27.3 Å². The molecule has 3 N–H and O–H groups in total. The standard InChI is InChI=1S/C32H35FN4O2/c1-32(20-24-21-35-27-16-8-6-14-25(24)27,37-29(38)19-23-13-5-7-15-26(23)33)31(39)36-30(22-11-3-2-4-12-22)28-17-9-10-18-34-28/h5-10,13-18,21-22,30,35H,2-4,11-12,19-20H2,1H3,(H,36,39)(H,37,38). The Morgan fingerprint density at radius 3 is 2.51 bits per heavy atom. The minimum Gasteiger partial charge on any atom is -0.361 e. The summed E-state index contributed by atoms with van der Waals surface area (Å²) < 4.78 is 14.3. The molecule has 6 nitrogen and oxygen atoms in total. The molecule has 2 amide bonds. The number of halogens is 1. The largest absolute Gasteiger partial charge is 0.361 e. The minimum atomic E-state index is -1.28. The molecule has 7 heteroatoms. The molecular weight excluding hydrogens is 491 g/mol. The number of nitrogens with one attached hydrogen (secondary N) is 3. The van der Waals surface area contributed by atoms with E-state index in [0.717, 1.165) is 47.8 Å². The van der Waals surface area contributed by atoms with Crippen molar-refractivity contribution in [1.29, 1.82) is 0 Å². The van der Waals surface area contributed by atoms with Crippen LogP contribution in [0, 0.1) is 11.7 Å². The fraction of sp³-hybridized carbons (Fsp3) is 0.344. The third-order valence-electron chi connectivity index (χ3n) is 7.86. The first-order chi connectivity index (χ1) is 18.9. The number of rotatable bonds is 9. The van der Waals surface area contributed by atoms with Crippen LogP contribution in [0.1, 0.15) is 61.9 Å². The minimum absolute atomic E-state index is 0.157. The fourth-order valence-electron chi connectivity index (χ4n) is 5.77. The fourth-order valence-corrected chi connectivity index (χ4v) is 5.77. The third-order valence-corrected chi connectivity index (χ3v) is 7.86. The summed E-state index contributed by atoms with van der Waals surface area (Å²) in [5.74, 6) is -0.868. The molecule has 0 saturated heterocycles. The maximum atomic E-state index is 14.3. The van der Waals surface area contributed by atoms with Crippen LogP contribution in [0.4, 0.5) is 4.39 Å². The predicted molar refractivity (Wildman–Crippen MR) is 150 cm³/mol. The van der Waals surface area contributed by atoms with Crippen molar-refractivity contribution in [2.75, 3.05) is 0 Å². The molecule has 0 aliphatic heterocycles. The lowest BCUT2D eigenvalue weighted by Gasteiger charge is -2.35. The highest BCUT2D eigenvalue weighted by Gasteiger charge is 2.39. The Morgan fingerprint density at radius 1 is 1.00 bits per heavy atom. The molecule has 2 aromatic heterocycles. The molecule has 0 radical (unpaired) electrons. The Kier molecular flexibility index (Phi) is 8.05. The van der Waals surface area contributed by atoms with Gasteiger partial charge in [0.1, 0.15) is 11.4 Å². The number of amides is 2. The van der Waals surface area contributed by atoms with Gasteiger partial charge in [-0.1, -0.05) is 61.7 Å². The van der Waals surface area contributed by atoms with Crippen molar-refractivity contribution in [2.45, 2.75) is 63.5 Å². The molecule has 2 aromatic carbocycles. The van der Waals surface area contributed by atoms with E-state index in [1.807, 2.05) is 48.7 Å². The summed E-state index contributed by atoms with van der Waals surface area (Å²) in [7, 11) is 0. The Balaban J connectivity index is 1.45. The second kappa shape index (κ2) is 11.8. The first-order valence-electron chi connectivity index (χ1n) is 13.7. The van der Waals surface area contributed by atoms with E-state index in [-0.39, 0.29) is 30.7 Å². The van der Waals surface area contributed by atoms with Crippen molar-refractivity contribution in [2.24, 2.45) is 5.92 Å². The molecule has 1 aliphatic rings. The van der Waals surface area contributed by atoms with Crippen LogP contribution in [0.2, 0.25) is 0 Å². The summed E-state index contributed by atoms with van der Waals surface area (Å²) in [4.78, 5) is 35.3. The third kappa shape index (κ3) is 6.19. The van der Waals surface area contributed by atoms with Crippen LogP contribution in [0.15, 0.2) is 79.1 Å². The zero-order valence-electron chi connectivity index (χ0n) is 22.3. The van der Waals surface area contributed by atoms with Gasteiger partial charge in [-0.2, -0.15) is 0 Å². The molecule has 1 fully saturated rings. The number of carbonyl (C=O) groups is 2. The molecular formula is C32H35FN4O2. The summed E-state index contributed by atoms with van der Waals surface area (Å²) in [6.07, 6.45) is 9.21. The van der Waals surface area contributed by atoms with Crippen LogP contribution in [-0.2, 0) is 22.4 Å². The number of H-pyrrole nitrogens is 1. The number of pyridine rings is 1. The first kappa shape index (κ1) is 26.6. The average molecular weight is 527 g/mol. The van der Waals surface area contributed by atoms with Crippen molar-refractivity contribution in [3.05, 3.63) is 102 Å². The number of nitrogens with zero attached hydrogens (tertiary/aromatic N) is 1. The predicted octanol–water partition coefficient (Wildman–Crippen LogP) is 5.80. The molecule has 2 unspecified atom stereocenters. The van der Waals surface area contributed by atoms with Crippen molar-refractivity contribution in [1.82, 2.24) is 20.6 Å². The summed E-state index contributed by atoms with van der Waals surface area (Å²) in [5, 5.41) is 7.26. The van der Waals surface area contributed by atoms with Gasteiger partial charge in [0, 0.05) is 29.7 Å². The van der Waals surface area contributed by atoms with Gasteiger partial charge in [-0.05, 0) is 61.1 Å². The van der Waals surface area contributed by atoms with Crippen LogP contribution >= 0.6 is 0 Å². The van der Waals surface area contributed by atoms with Crippen molar-refractivity contribution >= 4 is 22.7 Å². The Labute approximate surface area is 228 Å². The summed E-state index contributed by atoms with van der Waals surface area (Å²) in [5.41, 5.74) is 1.71. The van der Waals surface area contributed by atoms with Gasteiger partial charge in [0.2, 0.25) is 11.8 Å². The van der Waals surface area contributed by atoms with E-state index in [0.29, 0.717) is 5.56 Å². The van der Waals surface area contributed by atoms with E-state index in [1.54, 1.807) is 31.3 Å². The highest BCUT2D eigenvalue weighted by molar-refractivity contribution is 5.93. The maximum absolute atomic E-state index is 14.3. The molecule has 5 rings (SSSR count). The number of aromatic nitrogens is 2. The number of benzene rings is 2. The Morgan fingerprint density at radius 2 is 1.74 bits per heavy atom. The Hall–Kier alpha value is -4.00. The van der Waals surface area contributed by atoms with Gasteiger partial charge < -0.3 is 15.6 Å². The SMILES string of the molecule is CC(Cc1c[nH]c2ccccc12)(NC(=O)Cc1ccccc1F)C(=O)NC(c1ccccn1)C1CCCCC1. The number of hydrogen-bond donors (Lipinski definition) is 3. The summed E-state index contributed by atoms with van der Waals surface area (Å²) >= 11 is 0. The highest BCUT2D eigenvalue weighted by atomic mass is 19.1. The smallest absolute Gasteiger partial charge is 0.246 e. The quantitative estimate of drug-likeness (QED) is 0.258. The topological polar surface area (TPSA) is 86.9 Å². The number of aromatic amines is 1. The lowest BCUT2D eigenvalue weighted by atomic mass is 9.81. The van der Waals surface area contributed by atoms with E-state index in [1.165, 1.54) is 12.5 Å². The van der Waals surface area contributed by atoms with Gasteiger partial charge in [0.05, 0.1) is 18.2 Å². The van der Waals surface area contributed by atoms with Crippen LogP contribution in [0.25, 0.3) is 10.9 Å². The van der Waals surface area contributed by atoms with Gasteiger partial charge >= 0.3 is 0 Å². The molecule has 2 heterocycles. The molecule has 0 spiro atoms. The van der Waals surface area contributed by atoms with E-state index >= 15 is 0 Å². The second-order valence-corrected chi connectivity index (χ2v) is 10.8. The molecule has 4 aromatic rings. The summed E-state index contributed by atoms with van der Waals surface area (Å²) in [6, 6.07) is 19.6. The normalized spacial score (nSPS) is 16.4. The highest BCUT2D eigenvalue weighted by Crippen LogP contribution is 2.34. The lowest BCUT2D eigenvalue weighted by Crippen LogP contribution is -2.59. The van der Waals surface area contributed by atoms with E-state index in [2.05, 4.69) is 20.6 Å². The van der Waals surface area contributed by atoms with E-state index < -0.39 is 17.3 Å². The Bertz CT molecular complexity index is 1430. The number of hydrogen-bond acceptors (Lipinski definition) is 3. The zero-order valence-corrected chi connectivity index (χ0v) is 22.3. The number of fused-ring (bicyclic) bond motifs is 1. The van der Waals surface area contributed by atoms with Crippen LogP contribution < -0.4 is 10.6 Å². The molecule has 2 atom stereocenters. The van der Waals surface area contributed by atoms with Crippen LogP contribution in [0.5, 0.6) is 0 Å². The van der Waals surface area contributed by atoms with Gasteiger partial charge in [-0.15, -0.1) is 0 Å². The maximum Gasteiger partial charge on any atom is 0.246 e. The molecule has 1 aliphatic carbocycles. The van der Waals surface area contributed by atoms with E-state index in [4.69, 9.17) is 0 Å². The lowest BCUT2D eigenvalue weighted by molar-refractivity contribution is -0.133. The van der Waals surface area contributed by atoms with E-state index in [9.17, 15) is 14.0 Å². The molecule has 39 heavy (non-hydrogen) atoms. The van der Waals surface area contributed by atoms with Gasteiger partial charge in [-0.25, -0.2) is 4.39 Å². The summed E-state index contributed by atoms with van der Waals surface area (Å²) in [6.45, 7) is 1.75. The van der Waals surface area contributed by atoms with Crippen LogP contribution in [0.3, 0.4) is 0 Å². The first-order valence-corrected chi connectivity index (χ1v) is 13.7. The van der Waals surface area contributed by atoms with Crippen molar-refractivity contribution < 1.29 is 14.0 Å². The average Bonchev–Trinajstić information content (AvgIpc) is 3.36. The monoisotopic (exact) mass is 526 g/mol. The van der Waals surface area contributed by atoms with Gasteiger partial charge in [0.25, 0.3) is 0 Å². The molecule has 1 saturated carbocycles. The molecule has 202 valence electrons. The van der Waals surface area contributed by atoms with Crippen molar-refractivity contribution in [3.8, 4) is 0 Å². The van der Waals surface area contributed by atoms with Gasteiger partial charge in [0.15, 0.2) is 0 Å². The second-order valence-electron chi connectivity index (χ2n) is 10.8. The number of carbonyl (C=O) groups excluding carboxylic acids is 2. The molecule has 0 bridgehead atoms. The van der Waals surface area contributed by atoms with Crippen molar-refractivity contribution in [3.63, 3.8) is 0 Å². The van der Waals surface area contributed by atoms with Gasteiger partial charge in [-0.3, -0.25) is 14.6 Å². The number of para-hydroxylation sites is 1. The zero-order chi connectivity index (χ0) is 27.2.